The summed E-state index contributed by atoms with van der Waals surface area (Å²) in [7, 11) is 1.75. The van der Waals surface area contributed by atoms with Crippen molar-refractivity contribution < 1.29 is 9.47 Å². The Bertz CT molecular complexity index is 669. The first-order valence-electron chi connectivity index (χ1n) is 8.43. The number of nitrogens with one attached hydrogen (secondary N) is 1. The summed E-state index contributed by atoms with van der Waals surface area (Å²) >= 11 is 0. The lowest BCUT2D eigenvalue weighted by molar-refractivity contribution is 0.118. The number of rotatable bonds is 7. The molecule has 8 nitrogen and oxygen atoms in total. The largest absolute Gasteiger partial charge is 0.474 e. The van der Waals surface area contributed by atoms with E-state index in [1.54, 1.807) is 32.0 Å². The van der Waals surface area contributed by atoms with Crippen LogP contribution < -0.4 is 15.0 Å². The second-order valence-corrected chi connectivity index (χ2v) is 6.26. The molecule has 0 aliphatic carbocycles. The van der Waals surface area contributed by atoms with Crippen molar-refractivity contribution in [2.24, 2.45) is 0 Å². The van der Waals surface area contributed by atoms with Crippen LogP contribution in [0.5, 0.6) is 5.88 Å². The zero-order valence-electron chi connectivity index (χ0n) is 14.8. The molecule has 0 bridgehead atoms. The van der Waals surface area contributed by atoms with Gasteiger partial charge in [0.05, 0.1) is 30.6 Å². The van der Waals surface area contributed by atoms with Gasteiger partial charge < -0.3 is 19.7 Å². The third-order valence-electron chi connectivity index (χ3n) is 4.06. The van der Waals surface area contributed by atoms with Crippen LogP contribution in [0.15, 0.2) is 31.0 Å². The van der Waals surface area contributed by atoms with Gasteiger partial charge in [-0.15, -0.1) is 0 Å². The highest BCUT2D eigenvalue weighted by molar-refractivity contribution is 5.42. The summed E-state index contributed by atoms with van der Waals surface area (Å²) in [6, 6.07) is 2.17. The molecular formula is C17H24N6O2. The molecule has 0 spiro atoms. The minimum Gasteiger partial charge on any atom is -0.474 e. The van der Waals surface area contributed by atoms with E-state index in [4.69, 9.17) is 9.47 Å². The topological polar surface area (TPSA) is 85.3 Å². The molecule has 8 heteroatoms. The summed E-state index contributed by atoms with van der Waals surface area (Å²) < 4.78 is 11.1. The summed E-state index contributed by atoms with van der Waals surface area (Å²) in [5, 5.41) is 3.35. The first kappa shape index (κ1) is 17.3. The van der Waals surface area contributed by atoms with Gasteiger partial charge in [0.1, 0.15) is 18.0 Å². The normalized spacial score (nSPS) is 20.1. The number of nitrogens with zero attached hydrogens (tertiary/aromatic N) is 5. The van der Waals surface area contributed by atoms with Crippen molar-refractivity contribution in [3.8, 4) is 5.88 Å². The fraction of sp³-hybridized carbons (Fsp3) is 0.529. The Hall–Kier alpha value is -2.48. The molecule has 1 fully saturated rings. The molecule has 0 amide bonds. The molecular weight excluding hydrogens is 320 g/mol. The van der Waals surface area contributed by atoms with E-state index in [1.165, 1.54) is 0 Å². The predicted octanol–water partition coefficient (Wildman–Crippen LogP) is 1.76. The first-order valence-corrected chi connectivity index (χ1v) is 8.43. The lowest BCUT2D eigenvalue weighted by Crippen LogP contribution is -2.35. The molecule has 1 N–H and O–H groups in total. The highest BCUT2D eigenvalue weighted by Crippen LogP contribution is 2.25. The number of aromatic nitrogens is 4. The van der Waals surface area contributed by atoms with E-state index in [-0.39, 0.29) is 18.2 Å². The van der Waals surface area contributed by atoms with Crippen LogP contribution in [-0.4, -0.2) is 58.4 Å². The third kappa shape index (κ3) is 4.54. The molecule has 1 saturated heterocycles. The smallest absolute Gasteiger partial charge is 0.234 e. The second kappa shape index (κ2) is 8.06. The Morgan fingerprint density at radius 1 is 1.32 bits per heavy atom. The van der Waals surface area contributed by atoms with Gasteiger partial charge in [0.2, 0.25) is 5.88 Å². The van der Waals surface area contributed by atoms with Crippen LogP contribution >= 0.6 is 0 Å². The fourth-order valence-corrected chi connectivity index (χ4v) is 2.93. The van der Waals surface area contributed by atoms with E-state index in [0.717, 1.165) is 18.8 Å². The van der Waals surface area contributed by atoms with Gasteiger partial charge >= 0.3 is 0 Å². The number of ether oxygens (including phenoxy) is 2. The Morgan fingerprint density at radius 2 is 2.20 bits per heavy atom. The van der Waals surface area contributed by atoms with E-state index < -0.39 is 0 Å². The molecule has 3 heterocycles. The van der Waals surface area contributed by atoms with Crippen LogP contribution in [-0.2, 0) is 4.74 Å². The molecule has 25 heavy (non-hydrogen) atoms. The summed E-state index contributed by atoms with van der Waals surface area (Å²) in [6.45, 7) is 5.45. The summed E-state index contributed by atoms with van der Waals surface area (Å²) in [5.41, 5.74) is 0. The maximum atomic E-state index is 5.59. The van der Waals surface area contributed by atoms with Crippen molar-refractivity contribution in [2.45, 2.75) is 38.5 Å². The highest BCUT2D eigenvalue weighted by Gasteiger charge is 2.32. The summed E-state index contributed by atoms with van der Waals surface area (Å²) in [5.74, 6) is 2.12. The SMILES string of the molecule is CO[C@@H]1C[C@H](CNc2cncc(OC(C)C)n2)N(c2ccncn2)C1. The quantitative estimate of drug-likeness (QED) is 0.813. The number of hydrogen-bond donors (Lipinski definition) is 1. The Kier molecular flexibility index (Phi) is 5.60. The minimum atomic E-state index is 0.0649. The highest BCUT2D eigenvalue weighted by atomic mass is 16.5. The maximum Gasteiger partial charge on any atom is 0.234 e. The molecule has 2 atom stereocenters. The van der Waals surface area contributed by atoms with Gasteiger partial charge in [-0.3, -0.25) is 4.98 Å². The van der Waals surface area contributed by atoms with E-state index in [9.17, 15) is 0 Å². The van der Waals surface area contributed by atoms with Gasteiger partial charge in [-0.25, -0.2) is 9.97 Å². The molecule has 134 valence electrons. The van der Waals surface area contributed by atoms with Crippen LogP contribution in [0.1, 0.15) is 20.3 Å². The van der Waals surface area contributed by atoms with Gasteiger partial charge in [0, 0.05) is 26.4 Å². The lowest BCUT2D eigenvalue weighted by Gasteiger charge is -2.25. The monoisotopic (exact) mass is 344 g/mol. The zero-order chi connectivity index (χ0) is 17.6. The standard InChI is InChI=1S/C17H24N6O2/c1-12(2)25-17-9-19-8-15(22-17)20-7-13-6-14(24-3)10-23(13)16-4-5-18-11-21-16/h4-5,8-9,11-14H,6-7,10H2,1-3H3,(H,20,22)/t13-,14-/m1/s1. The molecule has 0 aromatic carbocycles. The molecule has 1 aliphatic heterocycles. The summed E-state index contributed by atoms with van der Waals surface area (Å²) in [4.78, 5) is 19.2. The zero-order valence-corrected chi connectivity index (χ0v) is 14.8. The summed E-state index contributed by atoms with van der Waals surface area (Å²) in [6.07, 6.45) is 7.81. The van der Waals surface area contributed by atoms with Crippen molar-refractivity contribution in [2.75, 3.05) is 30.4 Å². The number of anilines is 2. The average Bonchev–Trinajstić information content (AvgIpc) is 3.04. The predicted molar refractivity (Wildman–Crippen MR) is 94.9 cm³/mol. The first-order chi connectivity index (χ1) is 12.2. The molecule has 3 rings (SSSR count). The fourth-order valence-electron chi connectivity index (χ4n) is 2.93. The van der Waals surface area contributed by atoms with Crippen molar-refractivity contribution in [3.05, 3.63) is 31.0 Å². The van der Waals surface area contributed by atoms with Crippen LogP contribution in [0.4, 0.5) is 11.6 Å². The van der Waals surface area contributed by atoms with Crippen molar-refractivity contribution in [1.82, 2.24) is 19.9 Å². The average molecular weight is 344 g/mol. The number of hydrogen-bond acceptors (Lipinski definition) is 8. The Balaban J connectivity index is 1.66. The van der Waals surface area contributed by atoms with E-state index in [2.05, 4.69) is 30.2 Å². The molecule has 2 aromatic rings. The Labute approximate surface area is 147 Å². The molecule has 2 aromatic heterocycles. The van der Waals surface area contributed by atoms with Gasteiger partial charge in [-0.2, -0.15) is 4.98 Å². The van der Waals surface area contributed by atoms with Crippen molar-refractivity contribution >= 4 is 11.6 Å². The van der Waals surface area contributed by atoms with Crippen molar-refractivity contribution in [1.29, 1.82) is 0 Å². The van der Waals surface area contributed by atoms with E-state index in [1.807, 2.05) is 19.9 Å². The van der Waals surface area contributed by atoms with Gasteiger partial charge in [0.15, 0.2) is 0 Å². The Morgan fingerprint density at radius 3 is 2.92 bits per heavy atom. The molecule has 1 aliphatic rings. The number of methoxy groups -OCH3 is 1. The lowest BCUT2D eigenvalue weighted by atomic mass is 10.2. The van der Waals surface area contributed by atoms with E-state index in [0.29, 0.717) is 18.2 Å². The maximum absolute atomic E-state index is 5.59. The van der Waals surface area contributed by atoms with Crippen molar-refractivity contribution in [3.63, 3.8) is 0 Å². The van der Waals surface area contributed by atoms with Crippen LogP contribution in [0.2, 0.25) is 0 Å². The minimum absolute atomic E-state index is 0.0649. The molecule has 0 radical (unpaired) electrons. The molecule has 0 unspecified atom stereocenters. The van der Waals surface area contributed by atoms with Gasteiger partial charge in [0.25, 0.3) is 0 Å². The van der Waals surface area contributed by atoms with E-state index >= 15 is 0 Å². The van der Waals surface area contributed by atoms with Crippen LogP contribution in [0.25, 0.3) is 0 Å². The molecule has 0 saturated carbocycles. The second-order valence-electron chi connectivity index (χ2n) is 6.26. The van der Waals surface area contributed by atoms with Gasteiger partial charge in [-0.05, 0) is 26.3 Å². The van der Waals surface area contributed by atoms with Gasteiger partial charge in [-0.1, -0.05) is 0 Å². The van der Waals surface area contributed by atoms with Crippen LogP contribution in [0.3, 0.4) is 0 Å². The van der Waals surface area contributed by atoms with Crippen LogP contribution in [0, 0.1) is 0 Å². The third-order valence-corrected chi connectivity index (χ3v) is 4.06.